The zero-order chi connectivity index (χ0) is 22.5. The predicted molar refractivity (Wildman–Crippen MR) is 120 cm³/mol. The van der Waals surface area contributed by atoms with Crippen molar-refractivity contribution < 1.29 is 24.1 Å². The molecule has 0 saturated carbocycles. The molecule has 6 nitrogen and oxygen atoms in total. The van der Waals surface area contributed by atoms with Crippen LogP contribution in [0.1, 0.15) is 54.3 Å². The van der Waals surface area contributed by atoms with Gasteiger partial charge < -0.3 is 19.3 Å². The van der Waals surface area contributed by atoms with Crippen LogP contribution in [0.2, 0.25) is 0 Å². The van der Waals surface area contributed by atoms with Gasteiger partial charge in [0.05, 0.1) is 24.9 Å². The summed E-state index contributed by atoms with van der Waals surface area (Å²) in [6.07, 6.45) is 2.39. The lowest BCUT2D eigenvalue weighted by atomic mass is 9.70. The second-order valence-electron chi connectivity index (χ2n) is 9.83. The molecule has 2 saturated heterocycles. The fraction of sp³-hybridized carbons (Fsp3) is 0.500. The van der Waals surface area contributed by atoms with E-state index in [0.717, 1.165) is 55.1 Å². The highest BCUT2D eigenvalue weighted by molar-refractivity contribution is 5.87. The standard InChI is InChI=1S/C26H31NO5/c1-26(2)21-12-18-15-27(14-16-4-6-17(7-5-16)25(28)29)11-10-22(18)31-24(21)20-9-8-19(30-3)13-23(20)32-26/h4-9,13,18,21-22,24H,10-12,14-15H2,1-3H3,(H,28,29)/t18-,21+,22+,24-/m1/s1. The number of carboxylic acids is 1. The number of rotatable bonds is 4. The highest BCUT2D eigenvalue weighted by Crippen LogP contribution is 2.53. The molecule has 6 heteroatoms. The first-order chi connectivity index (χ1) is 15.3. The van der Waals surface area contributed by atoms with Crippen molar-refractivity contribution in [3.05, 3.63) is 59.2 Å². The number of carbonyl (C=O) groups is 1. The van der Waals surface area contributed by atoms with E-state index >= 15 is 0 Å². The Balaban J connectivity index is 1.31. The third-order valence-electron chi connectivity index (χ3n) is 7.39. The minimum atomic E-state index is -0.886. The number of hydrogen-bond acceptors (Lipinski definition) is 5. The molecule has 3 aliphatic heterocycles. The Hall–Kier alpha value is -2.57. The first kappa shape index (κ1) is 21.3. The zero-order valence-electron chi connectivity index (χ0n) is 18.9. The molecule has 2 aromatic carbocycles. The molecule has 0 bridgehead atoms. The van der Waals surface area contributed by atoms with Gasteiger partial charge in [0.15, 0.2) is 0 Å². The lowest BCUT2D eigenvalue weighted by Gasteiger charge is -2.53. The summed E-state index contributed by atoms with van der Waals surface area (Å²) in [5.41, 5.74) is 2.29. The van der Waals surface area contributed by atoms with Gasteiger partial charge in [-0.1, -0.05) is 12.1 Å². The van der Waals surface area contributed by atoms with Crippen LogP contribution in [0.3, 0.4) is 0 Å². The first-order valence-electron chi connectivity index (χ1n) is 11.4. The molecule has 5 rings (SSSR count). The van der Waals surface area contributed by atoms with Crippen molar-refractivity contribution in [2.24, 2.45) is 11.8 Å². The summed E-state index contributed by atoms with van der Waals surface area (Å²) in [5, 5.41) is 9.11. The summed E-state index contributed by atoms with van der Waals surface area (Å²) >= 11 is 0. The molecule has 32 heavy (non-hydrogen) atoms. The van der Waals surface area contributed by atoms with E-state index in [2.05, 4.69) is 24.8 Å². The number of carboxylic acid groups (broad SMARTS) is 1. The van der Waals surface area contributed by atoms with Crippen LogP contribution in [0.5, 0.6) is 11.5 Å². The van der Waals surface area contributed by atoms with Gasteiger partial charge in [0.2, 0.25) is 0 Å². The minimum absolute atomic E-state index is 0.0519. The van der Waals surface area contributed by atoms with Crippen LogP contribution >= 0.6 is 0 Å². The molecule has 0 aliphatic carbocycles. The molecule has 0 unspecified atom stereocenters. The van der Waals surface area contributed by atoms with E-state index in [-0.39, 0.29) is 17.8 Å². The number of aromatic carboxylic acids is 1. The van der Waals surface area contributed by atoms with Crippen molar-refractivity contribution in [1.29, 1.82) is 0 Å². The summed E-state index contributed by atoms with van der Waals surface area (Å²) in [6, 6.07) is 13.3. The lowest BCUT2D eigenvalue weighted by molar-refractivity contribution is -0.187. The minimum Gasteiger partial charge on any atom is -0.497 e. The van der Waals surface area contributed by atoms with E-state index < -0.39 is 5.97 Å². The van der Waals surface area contributed by atoms with E-state index in [1.807, 2.05) is 24.3 Å². The molecule has 2 fully saturated rings. The van der Waals surface area contributed by atoms with Crippen LogP contribution in [0.25, 0.3) is 0 Å². The summed E-state index contributed by atoms with van der Waals surface area (Å²) in [6.45, 7) is 7.14. The largest absolute Gasteiger partial charge is 0.497 e. The van der Waals surface area contributed by atoms with Crippen LogP contribution in [-0.4, -0.2) is 47.9 Å². The van der Waals surface area contributed by atoms with Crippen molar-refractivity contribution in [3.8, 4) is 11.5 Å². The number of piperidine rings is 1. The number of ether oxygens (including phenoxy) is 3. The molecule has 0 spiro atoms. The topological polar surface area (TPSA) is 68.2 Å². The normalized spacial score (nSPS) is 28.6. The van der Waals surface area contributed by atoms with Gasteiger partial charge in [0.1, 0.15) is 17.1 Å². The Morgan fingerprint density at radius 3 is 2.72 bits per heavy atom. The van der Waals surface area contributed by atoms with E-state index in [1.165, 1.54) is 0 Å². The van der Waals surface area contributed by atoms with Gasteiger partial charge in [-0.3, -0.25) is 4.90 Å². The molecule has 3 aliphatic rings. The summed E-state index contributed by atoms with van der Waals surface area (Å²) in [5.74, 6) is 1.54. The number of likely N-dealkylation sites (tertiary alicyclic amines) is 1. The molecule has 0 aromatic heterocycles. The van der Waals surface area contributed by atoms with Crippen molar-refractivity contribution in [3.63, 3.8) is 0 Å². The molecule has 1 N–H and O–H groups in total. The fourth-order valence-corrected chi connectivity index (χ4v) is 5.64. The Kier molecular flexibility index (Phi) is 5.38. The van der Waals surface area contributed by atoms with Gasteiger partial charge in [-0.2, -0.15) is 0 Å². The number of benzene rings is 2. The lowest BCUT2D eigenvalue weighted by Crippen LogP contribution is -2.55. The maximum absolute atomic E-state index is 11.1. The van der Waals surface area contributed by atoms with E-state index in [4.69, 9.17) is 19.3 Å². The molecule has 0 amide bonds. The monoisotopic (exact) mass is 437 g/mol. The molecular formula is C26H31NO5. The van der Waals surface area contributed by atoms with Gasteiger partial charge in [0.25, 0.3) is 0 Å². The Morgan fingerprint density at radius 1 is 1.22 bits per heavy atom. The van der Waals surface area contributed by atoms with Gasteiger partial charge in [-0.25, -0.2) is 4.79 Å². The Morgan fingerprint density at radius 2 is 2.00 bits per heavy atom. The second kappa shape index (κ2) is 8.09. The number of nitrogens with zero attached hydrogens (tertiary/aromatic N) is 1. The van der Waals surface area contributed by atoms with Gasteiger partial charge in [0, 0.05) is 37.2 Å². The molecular weight excluding hydrogens is 406 g/mol. The van der Waals surface area contributed by atoms with E-state index in [1.54, 1.807) is 19.2 Å². The summed E-state index contributed by atoms with van der Waals surface area (Å²) in [4.78, 5) is 13.6. The third-order valence-corrected chi connectivity index (χ3v) is 7.39. The number of fused-ring (bicyclic) bond motifs is 4. The van der Waals surface area contributed by atoms with Crippen LogP contribution in [-0.2, 0) is 11.3 Å². The third kappa shape index (κ3) is 3.86. The highest BCUT2D eigenvalue weighted by Gasteiger charge is 2.51. The SMILES string of the molecule is COc1ccc2c(c1)OC(C)(C)[C@H]1C[C@@H]3CN(Cc4ccc(C(=O)O)cc4)CC[C@@H]3O[C@H]21. The van der Waals surface area contributed by atoms with Crippen molar-refractivity contribution in [2.45, 2.75) is 51.0 Å². The van der Waals surface area contributed by atoms with Crippen LogP contribution < -0.4 is 9.47 Å². The summed E-state index contributed by atoms with van der Waals surface area (Å²) in [7, 11) is 1.68. The molecule has 3 heterocycles. The summed E-state index contributed by atoms with van der Waals surface area (Å²) < 4.78 is 18.6. The Bertz CT molecular complexity index is 1000. The number of methoxy groups -OCH3 is 1. The smallest absolute Gasteiger partial charge is 0.335 e. The van der Waals surface area contributed by atoms with Crippen molar-refractivity contribution in [2.75, 3.05) is 20.2 Å². The van der Waals surface area contributed by atoms with E-state index in [0.29, 0.717) is 17.4 Å². The predicted octanol–water partition coefficient (Wildman–Crippen LogP) is 4.53. The van der Waals surface area contributed by atoms with E-state index in [9.17, 15) is 4.79 Å². The van der Waals surface area contributed by atoms with Crippen LogP contribution in [0, 0.1) is 11.8 Å². The molecule has 170 valence electrons. The van der Waals surface area contributed by atoms with Gasteiger partial charge >= 0.3 is 5.97 Å². The second-order valence-corrected chi connectivity index (χ2v) is 9.83. The van der Waals surface area contributed by atoms with Crippen molar-refractivity contribution >= 4 is 5.97 Å². The van der Waals surface area contributed by atoms with Gasteiger partial charge in [-0.05, 0) is 62.4 Å². The quantitative estimate of drug-likeness (QED) is 0.758. The maximum Gasteiger partial charge on any atom is 0.335 e. The van der Waals surface area contributed by atoms with Crippen LogP contribution in [0.4, 0.5) is 0 Å². The maximum atomic E-state index is 11.1. The Labute approximate surface area is 189 Å². The van der Waals surface area contributed by atoms with Crippen LogP contribution in [0.15, 0.2) is 42.5 Å². The average Bonchev–Trinajstić information content (AvgIpc) is 2.78. The average molecular weight is 438 g/mol. The number of hydrogen-bond donors (Lipinski definition) is 1. The van der Waals surface area contributed by atoms with Crippen molar-refractivity contribution in [1.82, 2.24) is 4.90 Å². The molecule has 2 aromatic rings. The van der Waals surface area contributed by atoms with Gasteiger partial charge in [-0.15, -0.1) is 0 Å². The first-order valence-corrected chi connectivity index (χ1v) is 11.4. The highest BCUT2D eigenvalue weighted by atomic mass is 16.5. The molecule has 0 radical (unpaired) electrons. The zero-order valence-corrected chi connectivity index (χ0v) is 18.9. The fourth-order valence-electron chi connectivity index (χ4n) is 5.64. The molecule has 4 atom stereocenters.